The quantitative estimate of drug-likeness (QED) is 0.716. The number of rotatable bonds is 5. The molecule has 8 nitrogen and oxygen atoms in total. The van der Waals surface area contributed by atoms with E-state index in [-0.39, 0.29) is 11.6 Å². The Bertz CT molecular complexity index is 931. The summed E-state index contributed by atoms with van der Waals surface area (Å²) < 4.78 is 4.92. The van der Waals surface area contributed by atoms with Crippen molar-refractivity contribution in [1.29, 1.82) is 0 Å². The minimum absolute atomic E-state index is 0.253. The maximum Gasteiger partial charge on any atom is 0.277 e. The molecule has 0 aliphatic carbocycles. The van der Waals surface area contributed by atoms with Crippen molar-refractivity contribution in [2.45, 2.75) is 19.8 Å². The van der Waals surface area contributed by atoms with Crippen LogP contribution in [0.4, 0.5) is 22.9 Å². The van der Waals surface area contributed by atoms with Gasteiger partial charge in [-0.15, -0.1) is 5.10 Å². The van der Waals surface area contributed by atoms with Crippen LogP contribution in [0.5, 0.6) is 0 Å². The van der Waals surface area contributed by atoms with Crippen molar-refractivity contribution in [3.63, 3.8) is 0 Å². The van der Waals surface area contributed by atoms with Gasteiger partial charge in [-0.3, -0.25) is 4.79 Å². The lowest BCUT2D eigenvalue weighted by Crippen LogP contribution is -2.18. The molecule has 1 saturated heterocycles. The molecule has 2 aromatic heterocycles. The topological polar surface area (TPSA) is 96.2 Å². The Kier molecular flexibility index (Phi) is 4.69. The third-order valence-electron chi connectivity index (χ3n) is 4.39. The molecule has 3 heterocycles. The number of benzene rings is 1. The van der Waals surface area contributed by atoms with E-state index in [2.05, 4.69) is 30.9 Å². The highest BCUT2D eigenvalue weighted by Gasteiger charge is 2.14. The molecule has 0 atom stereocenters. The van der Waals surface area contributed by atoms with Crippen LogP contribution in [-0.2, 0) is 0 Å². The van der Waals surface area contributed by atoms with E-state index >= 15 is 0 Å². The monoisotopic (exact) mass is 364 g/mol. The van der Waals surface area contributed by atoms with Gasteiger partial charge in [0.05, 0.1) is 11.9 Å². The van der Waals surface area contributed by atoms with Crippen molar-refractivity contribution in [2.75, 3.05) is 28.6 Å². The highest BCUT2D eigenvalue weighted by molar-refractivity contribution is 6.02. The van der Waals surface area contributed by atoms with Crippen LogP contribution in [0.3, 0.4) is 0 Å². The predicted molar refractivity (Wildman–Crippen MR) is 102 cm³/mol. The number of carbonyl (C=O) groups is 1. The van der Waals surface area contributed by atoms with Crippen molar-refractivity contribution in [1.82, 2.24) is 15.4 Å². The molecule has 0 bridgehead atoms. The van der Waals surface area contributed by atoms with Crippen molar-refractivity contribution >= 4 is 28.8 Å². The highest BCUT2D eigenvalue weighted by Crippen LogP contribution is 2.23. The van der Waals surface area contributed by atoms with Crippen LogP contribution in [0.15, 0.2) is 47.1 Å². The number of nitrogens with zero attached hydrogens (tertiary/aromatic N) is 4. The summed E-state index contributed by atoms with van der Waals surface area (Å²) in [5, 5.41) is 18.0. The van der Waals surface area contributed by atoms with E-state index in [9.17, 15) is 4.79 Å². The molecule has 4 rings (SSSR count). The molecule has 1 fully saturated rings. The molecular formula is C19H20N6O2. The number of hydrogen-bond acceptors (Lipinski definition) is 7. The summed E-state index contributed by atoms with van der Waals surface area (Å²) in [5.74, 6) is 0.975. The van der Waals surface area contributed by atoms with Gasteiger partial charge in [0, 0.05) is 36.6 Å². The second kappa shape index (κ2) is 7.45. The van der Waals surface area contributed by atoms with Gasteiger partial charge >= 0.3 is 0 Å². The molecule has 1 aliphatic rings. The average molecular weight is 364 g/mol. The first-order chi connectivity index (χ1) is 13.2. The van der Waals surface area contributed by atoms with Gasteiger partial charge in [-0.05, 0) is 44.0 Å². The van der Waals surface area contributed by atoms with Crippen LogP contribution < -0.4 is 15.5 Å². The first kappa shape index (κ1) is 17.0. The van der Waals surface area contributed by atoms with Gasteiger partial charge in [-0.25, -0.2) is 0 Å². The Hall–Kier alpha value is -3.42. The van der Waals surface area contributed by atoms with Crippen LogP contribution in [-0.4, -0.2) is 34.4 Å². The van der Waals surface area contributed by atoms with Crippen molar-refractivity contribution in [3.8, 4) is 0 Å². The minimum atomic E-state index is -0.309. The van der Waals surface area contributed by atoms with Crippen LogP contribution >= 0.6 is 0 Å². The fourth-order valence-corrected chi connectivity index (χ4v) is 3.02. The van der Waals surface area contributed by atoms with Gasteiger partial charge in [0.1, 0.15) is 5.76 Å². The Morgan fingerprint density at radius 3 is 2.56 bits per heavy atom. The molecule has 138 valence electrons. The summed E-state index contributed by atoms with van der Waals surface area (Å²) in [7, 11) is 0. The summed E-state index contributed by atoms with van der Waals surface area (Å²) in [6.45, 7) is 3.86. The first-order valence-electron chi connectivity index (χ1n) is 8.87. The van der Waals surface area contributed by atoms with E-state index in [4.69, 9.17) is 4.52 Å². The Balaban J connectivity index is 1.40. The molecule has 0 spiro atoms. The van der Waals surface area contributed by atoms with Gasteiger partial charge in [-0.1, -0.05) is 5.16 Å². The maximum absolute atomic E-state index is 12.1. The van der Waals surface area contributed by atoms with E-state index in [0.717, 1.165) is 24.5 Å². The summed E-state index contributed by atoms with van der Waals surface area (Å²) in [6, 6.07) is 11.0. The number of carbonyl (C=O) groups excluding carboxylic acids is 1. The molecule has 0 saturated carbocycles. The third-order valence-corrected chi connectivity index (χ3v) is 4.39. The van der Waals surface area contributed by atoms with Gasteiger partial charge in [0.25, 0.3) is 5.91 Å². The average Bonchev–Trinajstić information content (AvgIpc) is 3.35. The number of anilines is 4. The van der Waals surface area contributed by atoms with Gasteiger partial charge < -0.3 is 20.1 Å². The molecule has 27 heavy (non-hydrogen) atoms. The summed E-state index contributed by atoms with van der Waals surface area (Å²) in [4.78, 5) is 14.4. The van der Waals surface area contributed by atoms with Crippen LogP contribution in [0.1, 0.15) is 29.1 Å². The lowest BCUT2D eigenvalue weighted by Gasteiger charge is -2.17. The number of aryl methyl sites for hydroxylation is 1. The molecule has 2 N–H and O–H groups in total. The summed E-state index contributed by atoms with van der Waals surface area (Å²) >= 11 is 0. The van der Waals surface area contributed by atoms with E-state index in [1.165, 1.54) is 12.8 Å². The largest absolute Gasteiger partial charge is 0.370 e. The van der Waals surface area contributed by atoms with Crippen molar-refractivity contribution in [3.05, 3.63) is 54.0 Å². The van der Waals surface area contributed by atoms with Gasteiger partial charge in [0.2, 0.25) is 0 Å². The molecule has 1 aliphatic heterocycles. The zero-order valence-electron chi connectivity index (χ0n) is 15.0. The zero-order chi connectivity index (χ0) is 18.6. The fourth-order valence-electron chi connectivity index (χ4n) is 3.02. The standard InChI is InChI=1S/C19H20N6O2/c1-13-10-17(24-27-13)19(26)22-15-6-4-14(5-7-15)21-18-11-16(12-20-23-18)25-8-2-3-9-25/h4-7,10-12H,2-3,8-9H2,1H3,(H,21,23)(H,22,26). The summed E-state index contributed by atoms with van der Waals surface area (Å²) in [6.07, 6.45) is 4.22. The molecular weight excluding hydrogens is 344 g/mol. The normalized spacial score (nSPS) is 13.6. The summed E-state index contributed by atoms with van der Waals surface area (Å²) in [5.41, 5.74) is 2.86. The second-order valence-electron chi connectivity index (χ2n) is 6.47. The Labute approximate surface area is 156 Å². The molecule has 8 heteroatoms. The van der Waals surface area contributed by atoms with Crippen molar-refractivity contribution in [2.24, 2.45) is 0 Å². The zero-order valence-corrected chi connectivity index (χ0v) is 15.0. The fraction of sp³-hybridized carbons (Fsp3) is 0.263. The molecule has 0 radical (unpaired) electrons. The number of hydrogen-bond donors (Lipinski definition) is 2. The predicted octanol–water partition coefficient (Wildman–Crippen LogP) is 3.37. The Morgan fingerprint density at radius 1 is 1.11 bits per heavy atom. The van der Waals surface area contributed by atoms with Crippen LogP contribution in [0.2, 0.25) is 0 Å². The van der Waals surface area contributed by atoms with E-state index < -0.39 is 0 Å². The van der Waals surface area contributed by atoms with Gasteiger partial charge in [-0.2, -0.15) is 5.10 Å². The second-order valence-corrected chi connectivity index (χ2v) is 6.47. The lowest BCUT2D eigenvalue weighted by molar-refractivity contribution is 0.101. The first-order valence-corrected chi connectivity index (χ1v) is 8.87. The highest BCUT2D eigenvalue weighted by atomic mass is 16.5. The third kappa shape index (κ3) is 4.05. The number of aromatic nitrogens is 3. The molecule has 1 amide bonds. The van der Waals surface area contributed by atoms with Crippen LogP contribution in [0.25, 0.3) is 0 Å². The van der Waals surface area contributed by atoms with Crippen molar-refractivity contribution < 1.29 is 9.32 Å². The smallest absolute Gasteiger partial charge is 0.277 e. The molecule has 3 aromatic rings. The number of nitrogens with one attached hydrogen (secondary N) is 2. The van der Waals surface area contributed by atoms with E-state index in [1.54, 1.807) is 19.2 Å². The minimum Gasteiger partial charge on any atom is -0.370 e. The Morgan fingerprint density at radius 2 is 1.85 bits per heavy atom. The van der Waals surface area contributed by atoms with E-state index in [1.807, 2.05) is 30.3 Å². The molecule has 1 aromatic carbocycles. The molecule has 0 unspecified atom stereocenters. The van der Waals surface area contributed by atoms with Crippen LogP contribution in [0, 0.1) is 6.92 Å². The maximum atomic E-state index is 12.1. The number of amides is 1. The van der Waals surface area contributed by atoms with E-state index in [0.29, 0.717) is 17.3 Å². The van der Waals surface area contributed by atoms with Gasteiger partial charge in [0.15, 0.2) is 11.5 Å². The lowest BCUT2D eigenvalue weighted by atomic mass is 10.2. The SMILES string of the molecule is Cc1cc(C(=O)Nc2ccc(Nc3cc(N4CCCC4)cnn3)cc2)no1.